The van der Waals surface area contributed by atoms with Gasteiger partial charge in [-0.1, -0.05) is 12.5 Å². The zero-order valence-electron chi connectivity index (χ0n) is 11.7. The van der Waals surface area contributed by atoms with Gasteiger partial charge in [-0.3, -0.25) is 4.79 Å². The number of sulfonamides is 1. The van der Waals surface area contributed by atoms with Crippen LogP contribution in [-0.2, 0) is 14.8 Å². The Morgan fingerprint density at radius 1 is 1.43 bits per heavy atom. The van der Waals surface area contributed by atoms with E-state index >= 15 is 0 Å². The molecule has 1 aliphatic rings. The molecule has 0 radical (unpaired) electrons. The number of hydrogen-bond donors (Lipinski definition) is 2. The van der Waals surface area contributed by atoms with Gasteiger partial charge >= 0.3 is 5.97 Å². The number of hydrogen-bond acceptors (Lipinski definition) is 3. The molecule has 2 unspecified atom stereocenters. The molecule has 2 N–H and O–H groups in total. The maximum Gasteiger partial charge on any atom is 0.306 e. The SMILES string of the molecule is Cc1ccc(S(=O)(=O)NCC2CCCC2C(=O)O)c(Br)c1. The summed E-state index contributed by atoms with van der Waals surface area (Å²) in [5.74, 6) is -1.43. The van der Waals surface area contributed by atoms with Gasteiger partial charge in [0.05, 0.1) is 10.8 Å². The third kappa shape index (κ3) is 3.84. The van der Waals surface area contributed by atoms with Crippen molar-refractivity contribution in [2.45, 2.75) is 31.1 Å². The molecule has 21 heavy (non-hydrogen) atoms. The summed E-state index contributed by atoms with van der Waals surface area (Å²) in [6.45, 7) is 2.05. The van der Waals surface area contributed by atoms with Crippen LogP contribution in [0.2, 0.25) is 0 Å². The molecule has 1 aromatic rings. The number of aryl methyl sites for hydroxylation is 1. The molecule has 0 amide bonds. The maximum absolute atomic E-state index is 12.3. The van der Waals surface area contributed by atoms with Crippen LogP contribution in [0.1, 0.15) is 24.8 Å². The summed E-state index contributed by atoms with van der Waals surface area (Å²) in [7, 11) is -3.63. The smallest absolute Gasteiger partial charge is 0.306 e. The van der Waals surface area contributed by atoms with Crippen molar-refractivity contribution in [3.63, 3.8) is 0 Å². The lowest BCUT2D eigenvalue weighted by Crippen LogP contribution is -2.33. The van der Waals surface area contributed by atoms with Crippen molar-refractivity contribution in [2.24, 2.45) is 11.8 Å². The molecule has 0 aromatic heterocycles. The van der Waals surface area contributed by atoms with Gasteiger partial charge in [0.25, 0.3) is 0 Å². The average molecular weight is 376 g/mol. The van der Waals surface area contributed by atoms with Crippen LogP contribution in [0.15, 0.2) is 27.6 Å². The number of carboxylic acids is 1. The predicted molar refractivity (Wildman–Crippen MR) is 82.5 cm³/mol. The lowest BCUT2D eigenvalue weighted by atomic mass is 9.97. The Morgan fingerprint density at radius 3 is 2.76 bits per heavy atom. The van der Waals surface area contributed by atoms with Gasteiger partial charge in [-0.2, -0.15) is 0 Å². The Morgan fingerprint density at radius 2 is 2.14 bits per heavy atom. The van der Waals surface area contributed by atoms with Crippen LogP contribution in [0.5, 0.6) is 0 Å². The first-order valence-corrected chi connectivity index (χ1v) is 9.07. The average Bonchev–Trinajstić information content (AvgIpc) is 2.84. The van der Waals surface area contributed by atoms with Gasteiger partial charge in [0, 0.05) is 11.0 Å². The monoisotopic (exact) mass is 375 g/mol. The highest BCUT2D eigenvalue weighted by Gasteiger charge is 2.33. The standard InChI is InChI=1S/C14H18BrNO4S/c1-9-5-6-13(12(15)7-9)21(19,20)16-8-10-3-2-4-11(10)14(17)18/h5-7,10-11,16H,2-4,8H2,1H3,(H,17,18). The Balaban J connectivity index is 2.09. The molecule has 1 saturated carbocycles. The van der Waals surface area contributed by atoms with E-state index < -0.39 is 21.9 Å². The first-order valence-electron chi connectivity index (χ1n) is 6.80. The van der Waals surface area contributed by atoms with E-state index in [1.165, 1.54) is 0 Å². The van der Waals surface area contributed by atoms with E-state index in [2.05, 4.69) is 20.7 Å². The number of aliphatic carboxylic acids is 1. The first kappa shape index (κ1) is 16.5. The second kappa shape index (κ2) is 6.46. The largest absolute Gasteiger partial charge is 0.481 e. The van der Waals surface area contributed by atoms with Crippen LogP contribution in [0.25, 0.3) is 0 Å². The van der Waals surface area contributed by atoms with E-state index in [4.69, 9.17) is 5.11 Å². The highest BCUT2D eigenvalue weighted by atomic mass is 79.9. The van der Waals surface area contributed by atoms with Gasteiger partial charge in [0.2, 0.25) is 10.0 Å². The number of benzene rings is 1. The summed E-state index contributed by atoms with van der Waals surface area (Å²) in [5, 5.41) is 9.12. The Kier molecular flexibility index (Phi) is 5.06. The molecule has 0 bridgehead atoms. The molecule has 0 heterocycles. The van der Waals surface area contributed by atoms with Crippen LogP contribution in [-0.4, -0.2) is 26.0 Å². The van der Waals surface area contributed by atoms with Gasteiger partial charge in [0.1, 0.15) is 0 Å². The van der Waals surface area contributed by atoms with Gasteiger partial charge in [-0.25, -0.2) is 13.1 Å². The highest BCUT2D eigenvalue weighted by molar-refractivity contribution is 9.10. The minimum absolute atomic E-state index is 0.138. The van der Waals surface area contributed by atoms with Crippen LogP contribution in [0.3, 0.4) is 0 Å². The summed E-state index contributed by atoms with van der Waals surface area (Å²) in [5.41, 5.74) is 0.961. The van der Waals surface area contributed by atoms with Crippen molar-refractivity contribution in [1.29, 1.82) is 0 Å². The molecule has 2 rings (SSSR count). The topological polar surface area (TPSA) is 83.5 Å². The van der Waals surface area contributed by atoms with Crippen molar-refractivity contribution in [1.82, 2.24) is 4.72 Å². The molecule has 116 valence electrons. The number of carboxylic acid groups (broad SMARTS) is 1. The molecular weight excluding hydrogens is 358 g/mol. The van der Waals surface area contributed by atoms with E-state index in [9.17, 15) is 13.2 Å². The Hall–Kier alpha value is -0.920. The zero-order chi connectivity index (χ0) is 15.6. The van der Waals surface area contributed by atoms with Gasteiger partial charge in [-0.05, 0) is 59.3 Å². The molecule has 7 heteroatoms. The molecule has 1 aliphatic carbocycles. The molecule has 1 fully saturated rings. The van der Waals surface area contributed by atoms with Crippen molar-refractivity contribution in [3.05, 3.63) is 28.2 Å². The van der Waals surface area contributed by atoms with Crippen molar-refractivity contribution in [2.75, 3.05) is 6.54 Å². The summed E-state index contributed by atoms with van der Waals surface area (Å²) < 4.78 is 27.7. The van der Waals surface area contributed by atoms with Crippen molar-refractivity contribution >= 4 is 31.9 Å². The fraction of sp³-hybridized carbons (Fsp3) is 0.500. The van der Waals surface area contributed by atoms with E-state index in [1.807, 2.05) is 6.92 Å². The van der Waals surface area contributed by atoms with Gasteiger partial charge in [0.15, 0.2) is 0 Å². The maximum atomic E-state index is 12.3. The Labute approximate surface area is 132 Å². The molecule has 5 nitrogen and oxygen atoms in total. The third-order valence-electron chi connectivity index (χ3n) is 3.89. The molecule has 1 aromatic carbocycles. The molecule has 0 aliphatic heterocycles. The van der Waals surface area contributed by atoms with Crippen LogP contribution in [0.4, 0.5) is 0 Å². The van der Waals surface area contributed by atoms with E-state index in [0.29, 0.717) is 10.9 Å². The van der Waals surface area contributed by atoms with E-state index in [0.717, 1.165) is 18.4 Å². The minimum Gasteiger partial charge on any atom is -0.481 e. The van der Waals surface area contributed by atoms with Crippen LogP contribution < -0.4 is 4.72 Å². The number of rotatable bonds is 5. The van der Waals surface area contributed by atoms with Crippen molar-refractivity contribution < 1.29 is 18.3 Å². The predicted octanol–water partition coefficient (Wildman–Crippen LogP) is 2.54. The molecule has 0 spiro atoms. The fourth-order valence-corrected chi connectivity index (χ4v) is 5.01. The minimum atomic E-state index is -3.63. The zero-order valence-corrected chi connectivity index (χ0v) is 14.1. The lowest BCUT2D eigenvalue weighted by Gasteiger charge is -2.17. The summed E-state index contributed by atoms with van der Waals surface area (Å²) in [6.07, 6.45) is 2.20. The lowest BCUT2D eigenvalue weighted by molar-refractivity contribution is -0.142. The number of carbonyl (C=O) groups is 1. The van der Waals surface area contributed by atoms with Crippen molar-refractivity contribution in [3.8, 4) is 0 Å². The summed E-state index contributed by atoms with van der Waals surface area (Å²) in [6, 6.07) is 5.02. The Bertz CT molecular complexity index is 644. The van der Waals surface area contributed by atoms with E-state index in [1.54, 1.807) is 18.2 Å². The number of halogens is 1. The molecular formula is C14H18BrNO4S. The number of nitrogens with one attached hydrogen (secondary N) is 1. The molecule has 2 atom stereocenters. The van der Waals surface area contributed by atoms with Crippen LogP contribution >= 0.6 is 15.9 Å². The van der Waals surface area contributed by atoms with E-state index in [-0.39, 0.29) is 17.4 Å². The second-order valence-electron chi connectivity index (χ2n) is 5.42. The first-order chi connectivity index (χ1) is 9.81. The quantitative estimate of drug-likeness (QED) is 0.827. The third-order valence-corrected chi connectivity index (χ3v) is 6.29. The van der Waals surface area contributed by atoms with Gasteiger partial charge < -0.3 is 5.11 Å². The summed E-state index contributed by atoms with van der Waals surface area (Å²) in [4.78, 5) is 11.3. The highest BCUT2D eigenvalue weighted by Crippen LogP contribution is 2.32. The fourth-order valence-electron chi connectivity index (χ4n) is 2.72. The second-order valence-corrected chi connectivity index (χ2v) is 8.01. The van der Waals surface area contributed by atoms with Gasteiger partial charge in [-0.15, -0.1) is 0 Å². The normalized spacial score (nSPS) is 22.4. The summed E-state index contributed by atoms with van der Waals surface area (Å²) >= 11 is 3.26. The van der Waals surface area contributed by atoms with Crippen LogP contribution in [0, 0.1) is 18.8 Å². The molecule has 0 saturated heterocycles.